The van der Waals surface area contributed by atoms with Gasteiger partial charge in [0, 0.05) is 23.2 Å². The highest BCUT2D eigenvalue weighted by Gasteiger charge is 2.20. The maximum absolute atomic E-state index is 12.2. The molecule has 22 heavy (non-hydrogen) atoms. The molecule has 0 bridgehead atoms. The molecule has 7 heteroatoms. The van der Waals surface area contributed by atoms with Crippen molar-refractivity contribution in [2.24, 2.45) is 0 Å². The predicted molar refractivity (Wildman–Crippen MR) is 85.5 cm³/mol. The van der Waals surface area contributed by atoms with Gasteiger partial charge in [-0.1, -0.05) is 11.8 Å². The van der Waals surface area contributed by atoms with Crippen molar-refractivity contribution < 1.29 is 13.6 Å². The highest BCUT2D eigenvalue weighted by Crippen LogP contribution is 2.26. The van der Waals surface area contributed by atoms with Crippen LogP contribution in [0.4, 0.5) is 14.5 Å². The Bertz CT molecular complexity index is 484. The fourth-order valence-corrected chi connectivity index (χ4v) is 3.06. The number of likely N-dealkylation sites (tertiary alicyclic amines) is 1. The number of hydrogen-bond donors (Lipinski definition) is 2. The highest BCUT2D eigenvalue weighted by atomic mass is 32.2. The molecule has 1 heterocycles. The molecule has 122 valence electrons. The number of thioether (sulfide) groups is 1. The summed E-state index contributed by atoms with van der Waals surface area (Å²) in [5.74, 6) is -2.51. The zero-order valence-electron chi connectivity index (χ0n) is 12.5. The molecule has 1 unspecified atom stereocenters. The second kappa shape index (κ2) is 8.45. The van der Waals surface area contributed by atoms with Gasteiger partial charge in [-0.15, -0.1) is 0 Å². The van der Waals surface area contributed by atoms with E-state index in [1.165, 1.54) is 0 Å². The second-order valence-corrected chi connectivity index (χ2v) is 6.38. The van der Waals surface area contributed by atoms with Gasteiger partial charge in [-0.3, -0.25) is 9.69 Å². The van der Waals surface area contributed by atoms with Crippen LogP contribution in [0.25, 0.3) is 0 Å². The Hall–Kier alpha value is -1.18. The Balaban J connectivity index is 1.81. The number of hydrogen-bond acceptors (Lipinski definition) is 4. The molecule has 0 radical (unpaired) electrons. The number of nitrogens with zero attached hydrogens (tertiary/aromatic N) is 1. The lowest BCUT2D eigenvalue weighted by Crippen LogP contribution is -2.46. The number of rotatable bonds is 6. The van der Waals surface area contributed by atoms with Crippen molar-refractivity contribution in [3.63, 3.8) is 0 Å². The first-order valence-electron chi connectivity index (χ1n) is 7.31. The SMILES string of the molecule is CNC1CCCN(CC(=O)Nc2ccc(SC(F)F)cc2)C1. The molecule has 1 atom stereocenters. The van der Waals surface area contributed by atoms with Crippen LogP contribution in [0.3, 0.4) is 0 Å². The number of likely N-dealkylation sites (N-methyl/N-ethyl adjacent to an activating group) is 1. The quantitative estimate of drug-likeness (QED) is 0.788. The molecule has 0 spiro atoms. The first-order chi connectivity index (χ1) is 10.6. The second-order valence-electron chi connectivity index (χ2n) is 5.31. The summed E-state index contributed by atoms with van der Waals surface area (Å²) in [6.45, 7) is 2.15. The molecule has 0 aliphatic carbocycles. The van der Waals surface area contributed by atoms with Crippen LogP contribution in [0.2, 0.25) is 0 Å². The van der Waals surface area contributed by atoms with Gasteiger partial charge in [-0.2, -0.15) is 8.78 Å². The van der Waals surface area contributed by atoms with Crippen LogP contribution in [0.15, 0.2) is 29.2 Å². The third-order valence-electron chi connectivity index (χ3n) is 3.64. The summed E-state index contributed by atoms with van der Waals surface area (Å²) < 4.78 is 24.5. The minimum absolute atomic E-state index is 0.0778. The molecule has 1 aliphatic rings. The van der Waals surface area contributed by atoms with Crippen LogP contribution in [0.5, 0.6) is 0 Å². The molecular formula is C15H21F2N3OS. The van der Waals surface area contributed by atoms with Gasteiger partial charge in [0.05, 0.1) is 6.54 Å². The maximum Gasteiger partial charge on any atom is 0.288 e. The van der Waals surface area contributed by atoms with Gasteiger partial charge in [0.2, 0.25) is 5.91 Å². The molecule has 1 fully saturated rings. The fraction of sp³-hybridized carbons (Fsp3) is 0.533. The molecule has 0 aromatic heterocycles. The smallest absolute Gasteiger partial charge is 0.288 e. The van der Waals surface area contributed by atoms with E-state index in [4.69, 9.17) is 0 Å². The van der Waals surface area contributed by atoms with E-state index in [1.807, 2.05) is 7.05 Å². The van der Waals surface area contributed by atoms with Crippen molar-refractivity contribution >= 4 is 23.4 Å². The van der Waals surface area contributed by atoms with E-state index in [1.54, 1.807) is 24.3 Å². The first kappa shape index (κ1) is 17.2. The lowest BCUT2D eigenvalue weighted by molar-refractivity contribution is -0.117. The molecule has 2 rings (SSSR count). The van der Waals surface area contributed by atoms with Gasteiger partial charge < -0.3 is 10.6 Å². The van der Waals surface area contributed by atoms with E-state index in [9.17, 15) is 13.6 Å². The van der Waals surface area contributed by atoms with Crippen LogP contribution in [0, 0.1) is 0 Å². The van der Waals surface area contributed by atoms with Crippen LogP contribution in [-0.2, 0) is 4.79 Å². The van der Waals surface area contributed by atoms with E-state index in [-0.39, 0.29) is 5.91 Å². The maximum atomic E-state index is 12.2. The van der Waals surface area contributed by atoms with Gasteiger partial charge in [0.25, 0.3) is 5.76 Å². The van der Waals surface area contributed by atoms with E-state index in [0.717, 1.165) is 25.9 Å². The summed E-state index contributed by atoms with van der Waals surface area (Å²) >= 11 is 0.496. The summed E-state index contributed by atoms with van der Waals surface area (Å²) in [6, 6.07) is 6.91. The van der Waals surface area contributed by atoms with E-state index >= 15 is 0 Å². The molecule has 2 N–H and O–H groups in total. The zero-order valence-corrected chi connectivity index (χ0v) is 13.3. The summed E-state index contributed by atoms with van der Waals surface area (Å²) in [4.78, 5) is 14.7. The van der Waals surface area contributed by atoms with Crippen LogP contribution in [0.1, 0.15) is 12.8 Å². The van der Waals surface area contributed by atoms with Crippen LogP contribution < -0.4 is 10.6 Å². The van der Waals surface area contributed by atoms with Crippen molar-refractivity contribution in [1.29, 1.82) is 0 Å². The first-order valence-corrected chi connectivity index (χ1v) is 8.19. The number of alkyl halides is 2. The highest BCUT2D eigenvalue weighted by molar-refractivity contribution is 7.99. The Labute approximate surface area is 133 Å². The molecule has 1 aromatic rings. The standard InChI is InChI=1S/C15H21F2N3OS/c1-18-12-3-2-8-20(9-12)10-14(21)19-11-4-6-13(7-5-11)22-15(16)17/h4-7,12,15,18H,2-3,8-10H2,1H3,(H,19,21). The lowest BCUT2D eigenvalue weighted by atomic mass is 10.1. The Morgan fingerprint density at radius 1 is 1.41 bits per heavy atom. The average molecular weight is 329 g/mol. The summed E-state index contributed by atoms with van der Waals surface area (Å²) in [6.07, 6.45) is 2.22. The molecular weight excluding hydrogens is 308 g/mol. The number of anilines is 1. The average Bonchev–Trinajstić information content (AvgIpc) is 2.49. The molecule has 4 nitrogen and oxygen atoms in total. The largest absolute Gasteiger partial charge is 0.325 e. The summed E-state index contributed by atoms with van der Waals surface area (Å²) in [7, 11) is 1.94. The van der Waals surface area contributed by atoms with Gasteiger partial charge in [0.1, 0.15) is 0 Å². The molecule has 1 aliphatic heterocycles. The number of amides is 1. The predicted octanol–water partition coefficient (Wildman–Crippen LogP) is 2.62. The van der Waals surface area contributed by atoms with E-state index in [0.29, 0.717) is 34.9 Å². The fourth-order valence-electron chi connectivity index (χ4n) is 2.56. The van der Waals surface area contributed by atoms with Gasteiger partial charge in [-0.25, -0.2) is 0 Å². The number of piperidine rings is 1. The third-order valence-corrected chi connectivity index (χ3v) is 4.37. The Morgan fingerprint density at radius 3 is 2.77 bits per heavy atom. The Kier molecular flexibility index (Phi) is 6.60. The van der Waals surface area contributed by atoms with Gasteiger partial charge >= 0.3 is 0 Å². The van der Waals surface area contributed by atoms with Crippen molar-refractivity contribution in [2.45, 2.75) is 29.5 Å². The number of halogens is 2. The lowest BCUT2D eigenvalue weighted by Gasteiger charge is -2.31. The van der Waals surface area contributed by atoms with Gasteiger partial charge in [0.15, 0.2) is 0 Å². The minimum Gasteiger partial charge on any atom is -0.325 e. The van der Waals surface area contributed by atoms with Crippen molar-refractivity contribution in [1.82, 2.24) is 10.2 Å². The Morgan fingerprint density at radius 2 is 2.14 bits per heavy atom. The number of carbonyl (C=O) groups excluding carboxylic acids is 1. The van der Waals surface area contributed by atoms with E-state index in [2.05, 4.69) is 15.5 Å². The topological polar surface area (TPSA) is 44.4 Å². The summed E-state index contributed by atoms with van der Waals surface area (Å²) in [5.41, 5.74) is 0.630. The molecule has 0 saturated carbocycles. The van der Waals surface area contributed by atoms with Crippen molar-refractivity contribution in [3.05, 3.63) is 24.3 Å². The zero-order chi connectivity index (χ0) is 15.9. The van der Waals surface area contributed by atoms with E-state index < -0.39 is 5.76 Å². The molecule has 1 aromatic carbocycles. The molecule has 1 amide bonds. The van der Waals surface area contributed by atoms with Crippen LogP contribution >= 0.6 is 11.8 Å². The monoisotopic (exact) mass is 329 g/mol. The molecule has 1 saturated heterocycles. The number of benzene rings is 1. The van der Waals surface area contributed by atoms with Crippen molar-refractivity contribution in [3.8, 4) is 0 Å². The number of carbonyl (C=O) groups is 1. The minimum atomic E-state index is -2.43. The summed E-state index contributed by atoms with van der Waals surface area (Å²) in [5, 5.41) is 6.05. The van der Waals surface area contributed by atoms with Crippen LogP contribution in [-0.4, -0.2) is 49.3 Å². The normalized spacial score (nSPS) is 19.4. The number of nitrogens with one attached hydrogen (secondary N) is 2. The third kappa shape index (κ3) is 5.55. The van der Waals surface area contributed by atoms with Crippen molar-refractivity contribution in [2.75, 3.05) is 32.0 Å². The van der Waals surface area contributed by atoms with Gasteiger partial charge in [-0.05, 0) is 50.7 Å².